The summed E-state index contributed by atoms with van der Waals surface area (Å²) in [6.07, 6.45) is 7.38. The molecule has 4 nitrogen and oxygen atoms in total. The van der Waals surface area contributed by atoms with Gasteiger partial charge < -0.3 is 5.32 Å². The Morgan fingerprint density at radius 3 is 3.00 bits per heavy atom. The Balaban J connectivity index is 1.73. The summed E-state index contributed by atoms with van der Waals surface area (Å²) in [4.78, 5) is 4.88. The molecule has 2 aliphatic rings. The van der Waals surface area contributed by atoms with Gasteiger partial charge in [-0.05, 0) is 25.7 Å². The number of thioether (sulfide) groups is 1. The lowest BCUT2D eigenvalue weighted by Crippen LogP contribution is -2.31. The van der Waals surface area contributed by atoms with Crippen LogP contribution in [-0.4, -0.2) is 26.7 Å². The van der Waals surface area contributed by atoms with E-state index >= 15 is 0 Å². The molecule has 1 aliphatic heterocycles. The largest absolute Gasteiger partial charge is 0.332 e. The van der Waals surface area contributed by atoms with E-state index in [9.17, 15) is 0 Å². The molecule has 0 spiro atoms. The Bertz CT molecular complexity index is 466. The van der Waals surface area contributed by atoms with Gasteiger partial charge in [-0.1, -0.05) is 24.6 Å². The van der Waals surface area contributed by atoms with E-state index in [-0.39, 0.29) is 0 Å². The molecule has 98 valence electrons. The zero-order valence-corrected chi connectivity index (χ0v) is 11.8. The van der Waals surface area contributed by atoms with Gasteiger partial charge in [-0.2, -0.15) is 5.10 Å². The highest BCUT2D eigenvalue weighted by Gasteiger charge is 2.29. The van der Waals surface area contributed by atoms with Crippen LogP contribution in [0.15, 0.2) is 11.2 Å². The number of aromatic nitrogens is 2. The first kappa shape index (κ1) is 12.1. The number of nitrogens with zero attached hydrogens (tertiary/aromatic N) is 3. The lowest BCUT2D eigenvalue weighted by atomic mass is 9.86. The van der Waals surface area contributed by atoms with Crippen LogP contribution >= 0.6 is 11.8 Å². The molecule has 0 saturated heterocycles. The van der Waals surface area contributed by atoms with Gasteiger partial charge in [-0.25, -0.2) is 0 Å². The van der Waals surface area contributed by atoms with Crippen LogP contribution in [0.5, 0.6) is 0 Å². The summed E-state index contributed by atoms with van der Waals surface area (Å²) in [5.41, 5.74) is 2.12. The molecular weight excluding hydrogens is 244 g/mol. The highest BCUT2D eigenvalue weighted by Crippen LogP contribution is 2.34. The normalized spacial score (nSPS) is 27.6. The molecule has 1 saturated carbocycles. The van der Waals surface area contributed by atoms with E-state index in [0.29, 0.717) is 6.04 Å². The summed E-state index contributed by atoms with van der Waals surface area (Å²) >= 11 is 1.86. The molecule has 0 aromatic carbocycles. The van der Waals surface area contributed by atoms with Gasteiger partial charge in [0.2, 0.25) is 0 Å². The van der Waals surface area contributed by atoms with Crippen LogP contribution < -0.4 is 5.32 Å². The number of aryl methyl sites for hydroxylation is 2. The van der Waals surface area contributed by atoms with Crippen molar-refractivity contribution < 1.29 is 0 Å². The summed E-state index contributed by atoms with van der Waals surface area (Å²) in [5.74, 6) is 2.03. The van der Waals surface area contributed by atoms with Gasteiger partial charge in [0, 0.05) is 19.0 Å². The van der Waals surface area contributed by atoms with Crippen LogP contribution in [0.25, 0.3) is 0 Å². The van der Waals surface area contributed by atoms with Crippen molar-refractivity contribution in [3.05, 3.63) is 11.9 Å². The van der Waals surface area contributed by atoms with Crippen molar-refractivity contribution in [3.8, 4) is 0 Å². The average molecular weight is 264 g/mol. The molecule has 2 heterocycles. The zero-order chi connectivity index (χ0) is 12.5. The number of anilines is 1. The number of aliphatic imine (C=N–C) groups is 1. The maximum absolute atomic E-state index is 4.88. The lowest BCUT2D eigenvalue weighted by molar-refractivity contribution is 0.336. The summed E-state index contributed by atoms with van der Waals surface area (Å²) in [5, 5.41) is 8.86. The highest BCUT2D eigenvalue weighted by molar-refractivity contribution is 8.14. The van der Waals surface area contributed by atoms with E-state index < -0.39 is 0 Å². The fraction of sp³-hybridized carbons (Fsp3) is 0.692. The van der Waals surface area contributed by atoms with Crippen LogP contribution in [0.3, 0.4) is 0 Å². The Kier molecular flexibility index (Phi) is 3.33. The van der Waals surface area contributed by atoms with E-state index in [1.165, 1.54) is 31.4 Å². The van der Waals surface area contributed by atoms with Gasteiger partial charge in [0.15, 0.2) is 5.17 Å². The van der Waals surface area contributed by atoms with Crippen molar-refractivity contribution in [1.82, 2.24) is 9.78 Å². The smallest absolute Gasteiger partial charge is 0.161 e. The van der Waals surface area contributed by atoms with Crippen molar-refractivity contribution in [1.29, 1.82) is 0 Å². The van der Waals surface area contributed by atoms with Crippen LogP contribution in [0.1, 0.15) is 31.4 Å². The first-order chi connectivity index (χ1) is 8.72. The standard InChI is InChI=1S/C13H20N4S/c1-9-12(7-17(2)16-9)15-13-14-11-6-4-3-5-10(11)8-18-13/h7,10-11H,3-6,8H2,1-2H3,(H,14,15). The van der Waals surface area contributed by atoms with Crippen LogP contribution in [0.2, 0.25) is 0 Å². The van der Waals surface area contributed by atoms with Crippen LogP contribution in [-0.2, 0) is 7.05 Å². The van der Waals surface area contributed by atoms with Gasteiger partial charge in [-0.3, -0.25) is 9.67 Å². The third kappa shape index (κ3) is 2.41. The summed E-state index contributed by atoms with van der Waals surface area (Å²) < 4.78 is 1.84. The third-order valence-corrected chi connectivity index (χ3v) is 4.92. The number of rotatable bonds is 1. The second-order valence-electron chi connectivity index (χ2n) is 5.28. The SMILES string of the molecule is Cc1nn(C)cc1NC1=NC2CCCCC2CS1. The quantitative estimate of drug-likeness (QED) is 0.848. The lowest BCUT2D eigenvalue weighted by Gasteiger charge is -2.32. The maximum atomic E-state index is 4.88. The molecule has 1 aromatic heterocycles. The van der Waals surface area contributed by atoms with Crippen LogP contribution in [0, 0.1) is 12.8 Å². The van der Waals surface area contributed by atoms with E-state index in [0.717, 1.165) is 22.5 Å². The predicted octanol–water partition coefficient (Wildman–Crippen LogP) is 2.80. The average Bonchev–Trinajstić information content (AvgIpc) is 2.68. The first-order valence-electron chi connectivity index (χ1n) is 6.70. The summed E-state index contributed by atoms with van der Waals surface area (Å²) in [6, 6.07) is 0.555. The van der Waals surface area contributed by atoms with E-state index in [2.05, 4.69) is 10.4 Å². The molecule has 0 amide bonds. The van der Waals surface area contributed by atoms with Crippen LogP contribution in [0.4, 0.5) is 5.69 Å². The molecule has 18 heavy (non-hydrogen) atoms. The second kappa shape index (κ2) is 4.96. The van der Waals surface area contributed by atoms with Crippen molar-refractivity contribution in [2.75, 3.05) is 11.1 Å². The molecule has 1 aromatic rings. The summed E-state index contributed by atoms with van der Waals surface area (Å²) in [6.45, 7) is 2.03. The molecular formula is C13H20N4S. The van der Waals surface area contributed by atoms with Crippen molar-refractivity contribution in [2.24, 2.45) is 18.0 Å². The maximum Gasteiger partial charge on any atom is 0.161 e. The fourth-order valence-electron chi connectivity index (χ4n) is 2.83. The van der Waals surface area contributed by atoms with E-state index in [1.807, 2.05) is 36.6 Å². The monoisotopic (exact) mass is 264 g/mol. The molecule has 2 atom stereocenters. The number of amidine groups is 1. The van der Waals surface area contributed by atoms with Gasteiger partial charge in [0.1, 0.15) is 0 Å². The van der Waals surface area contributed by atoms with Gasteiger partial charge in [0.05, 0.1) is 17.4 Å². The molecule has 2 unspecified atom stereocenters. The van der Waals surface area contributed by atoms with Gasteiger partial charge >= 0.3 is 0 Å². The molecule has 3 rings (SSSR count). The van der Waals surface area contributed by atoms with Gasteiger partial charge in [0.25, 0.3) is 0 Å². The number of fused-ring (bicyclic) bond motifs is 1. The molecule has 1 N–H and O–H groups in total. The number of hydrogen-bond donors (Lipinski definition) is 1. The van der Waals surface area contributed by atoms with E-state index in [4.69, 9.17) is 4.99 Å². The fourth-order valence-corrected chi connectivity index (χ4v) is 3.99. The topological polar surface area (TPSA) is 42.2 Å². The molecule has 5 heteroatoms. The molecule has 1 aliphatic carbocycles. The Morgan fingerprint density at radius 1 is 1.39 bits per heavy atom. The van der Waals surface area contributed by atoms with Crippen molar-refractivity contribution in [2.45, 2.75) is 38.6 Å². The number of hydrogen-bond acceptors (Lipinski definition) is 4. The minimum absolute atomic E-state index is 0.555. The van der Waals surface area contributed by atoms with Crippen molar-refractivity contribution in [3.63, 3.8) is 0 Å². The molecule has 0 bridgehead atoms. The summed E-state index contributed by atoms with van der Waals surface area (Å²) in [7, 11) is 1.95. The van der Waals surface area contributed by atoms with Gasteiger partial charge in [-0.15, -0.1) is 0 Å². The minimum Gasteiger partial charge on any atom is -0.332 e. The Hall–Kier alpha value is -0.970. The Labute approximate surface area is 112 Å². The second-order valence-corrected chi connectivity index (χ2v) is 6.29. The number of nitrogens with one attached hydrogen (secondary N) is 1. The first-order valence-corrected chi connectivity index (χ1v) is 7.69. The zero-order valence-electron chi connectivity index (χ0n) is 11.0. The molecule has 0 radical (unpaired) electrons. The third-order valence-electron chi connectivity index (χ3n) is 3.84. The minimum atomic E-state index is 0.555. The van der Waals surface area contributed by atoms with E-state index in [1.54, 1.807) is 0 Å². The Morgan fingerprint density at radius 2 is 2.22 bits per heavy atom. The van der Waals surface area contributed by atoms with Crippen molar-refractivity contribution >= 4 is 22.6 Å². The molecule has 1 fully saturated rings. The predicted molar refractivity (Wildman–Crippen MR) is 77.2 cm³/mol. The highest BCUT2D eigenvalue weighted by atomic mass is 32.2.